The molecule has 0 rings (SSSR count). The van der Waals surface area contributed by atoms with Gasteiger partial charge in [-0.1, -0.05) is 162 Å². The van der Waals surface area contributed by atoms with Crippen molar-refractivity contribution in [3.05, 3.63) is 0 Å². The molecule has 0 aromatic carbocycles. The van der Waals surface area contributed by atoms with E-state index in [1.807, 2.05) is 0 Å². The minimum absolute atomic E-state index is 0.0701. The van der Waals surface area contributed by atoms with E-state index < -0.39 is 0 Å². The third-order valence-electron chi connectivity index (χ3n) is 8.51. The first-order valence-corrected chi connectivity index (χ1v) is 18.2. The van der Waals surface area contributed by atoms with Crippen LogP contribution in [0.25, 0.3) is 0 Å². The maximum absolute atomic E-state index is 12.0. The zero-order chi connectivity index (χ0) is 29.4. The van der Waals surface area contributed by atoms with E-state index in [1.54, 1.807) is 0 Å². The summed E-state index contributed by atoms with van der Waals surface area (Å²) in [4.78, 5) is 12.0. The van der Waals surface area contributed by atoms with Crippen LogP contribution in [0.2, 0.25) is 0 Å². The second-order valence-electron chi connectivity index (χ2n) is 12.7. The number of nitrogens with one attached hydrogen (secondary N) is 1. The Morgan fingerprint density at radius 2 is 0.750 bits per heavy atom. The number of aliphatic hydroxyl groups excluding tert-OH is 2. The molecule has 0 saturated heterocycles. The predicted octanol–water partition coefficient (Wildman–Crippen LogP) is 10.6. The number of rotatable bonds is 33. The van der Waals surface area contributed by atoms with Crippen molar-refractivity contribution in [3.8, 4) is 0 Å². The van der Waals surface area contributed by atoms with Crippen LogP contribution in [0.3, 0.4) is 0 Å². The second kappa shape index (κ2) is 32.9. The van der Waals surface area contributed by atoms with Crippen molar-refractivity contribution in [1.29, 1.82) is 0 Å². The van der Waals surface area contributed by atoms with Gasteiger partial charge >= 0.3 is 0 Å². The smallest absolute Gasteiger partial charge is 0.219 e. The van der Waals surface area contributed by atoms with Crippen LogP contribution in [-0.4, -0.2) is 34.9 Å². The van der Waals surface area contributed by atoms with Crippen molar-refractivity contribution >= 4 is 5.91 Å². The molecule has 0 aromatic rings. The minimum Gasteiger partial charge on any atom is -0.393 e. The van der Waals surface area contributed by atoms with Crippen molar-refractivity contribution < 1.29 is 15.0 Å². The average Bonchev–Trinajstić information content (AvgIpc) is 2.95. The summed E-state index contributed by atoms with van der Waals surface area (Å²) in [5.41, 5.74) is 0. The van der Waals surface area contributed by atoms with E-state index in [2.05, 4.69) is 19.2 Å². The van der Waals surface area contributed by atoms with Gasteiger partial charge in [0.1, 0.15) is 0 Å². The lowest BCUT2D eigenvalue weighted by molar-refractivity contribution is -0.121. The van der Waals surface area contributed by atoms with Gasteiger partial charge in [-0.25, -0.2) is 0 Å². The highest BCUT2D eigenvalue weighted by Crippen LogP contribution is 2.16. The SMILES string of the molecule is CCCCCCC(O)CCCCCCCCCCCNC(=O)CCCCCCCCCCC(O)CCCCCC. The highest BCUT2D eigenvalue weighted by molar-refractivity contribution is 5.75. The summed E-state index contributed by atoms with van der Waals surface area (Å²) in [6.45, 7) is 5.30. The van der Waals surface area contributed by atoms with Crippen molar-refractivity contribution in [2.75, 3.05) is 6.54 Å². The first kappa shape index (κ1) is 39.4. The van der Waals surface area contributed by atoms with E-state index in [-0.39, 0.29) is 18.1 Å². The Hall–Kier alpha value is -0.610. The van der Waals surface area contributed by atoms with E-state index >= 15 is 0 Å². The molecule has 0 saturated carbocycles. The third-order valence-corrected chi connectivity index (χ3v) is 8.51. The Labute approximate surface area is 251 Å². The fraction of sp³-hybridized carbons (Fsp3) is 0.972. The summed E-state index contributed by atoms with van der Waals surface area (Å²) in [5.74, 6) is 0.235. The van der Waals surface area contributed by atoms with Gasteiger partial charge < -0.3 is 15.5 Å². The van der Waals surface area contributed by atoms with Gasteiger partial charge in [0.05, 0.1) is 12.2 Å². The molecule has 0 aliphatic heterocycles. The molecule has 0 fully saturated rings. The molecule has 4 heteroatoms. The molecule has 2 unspecified atom stereocenters. The predicted molar refractivity (Wildman–Crippen MR) is 175 cm³/mol. The largest absolute Gasteiger partial charge is 0.393 e. The monoisotopic (exact) mass is 568 g/mol. The molecule has 1 amide bonds. The molecule has 2 atom stereocenters. The lowest BCUT2D eigenvalue weighted by Gasteiger charge is -2.10. The molecule has 0 bridgehead atoms. The molecule has 40 heavy (non-hydrogen) atoms. The quantitative estimate of drug-likeness (QED) is 0.0691. The molecule has 240 valence electrons. The number of unbranched alkanes of at least 4 members (excludes halogenated alkanes) is 21. The van der Waals surface area contributed by atoms with Gasteiger partial charge in [-0.3, -0.25) is 4.79 Å². The van der Waals surface area contributed by atoms with Crippen LogP contribution < -0.4 is 5.32 Å². The summed E-state index contributed by atoms with van der Waals surface area (Å²) < 4.78 is 0. The number of hydrogen-bond donors (Lipinski definition) is 3. The summed E-state index contributed by atoms with van der Waals surface area (Å²) in [6, 6.07) is 0. The molecular formula is C36H73NO3. The number of carbonyl (C=O) groups excluding carboxylic acids is 1. The Morgan fingerprint density at radius 3 is 1.12 bits per heavy atom. The highest BCUT2D eigenvalue weighted by Gasteiger charge is 2.05. The van der Waals surface area contributed by atoms with Crippen LogP contribution in [0.1, 0.15) is 206 Å². The van der Waals surface area contributed by atoms with E-state index in [4.69, 9.17) is 0 Å². The molecule has 0 spiro atoms. The lowest BCUT2D eigenvalue weighted by Crippen LogP contribution is -2.23. The van der Waals surface area contributed by atoms with E-state index in [1.165, 1.54) is 148 Å². The Morgan fingerprint density at radius 1 is 0.450 bits per heavy atom. The Balaban J connectivity index is 3.25. The highest BCUT2D eigenvalue weighted by atomic mass is 16.3. The van der Waals surface area contributed by atoms with Crippen molar-refractivity contribution in [2.45, 2.75) is 219 Å². The normalized spacial score (nSPS) is 13.0. The summed E-state index contributed by atoms with van der Waals surface area (Å²) in [6.07, 6.45) is 35.6. The van der Waals surface area contributed by atoms with Crippen LogP contribution >= 0.6 is 0 Å². The second-order valence-corrected chi connectivity index (χ2v) is 12.7. The van der Waals surface area contributed by atoms with Gasteiger partial charge in [-0.2, -0.15) is 0 Å². The molecule has 0 heterocycles. The Kier molecular flexibility index (Phi) is 32.4. The minimum atomic E-state index is -0.0788. The zero-order valence-electron chi connectivity index (χ0n) is 27.4. The van der Waals surface area contributed by atoms with E-state index in [0.717, 1.165) is 45.1 Å². The number of hydrogen-bond acceptors (Lipinski definition) is 3. The van der Waals surface area contributed by atoms with Gasteiger partial charge in [0.15, 0.2) is 0 Å². The van der Waals surface area contributed by atoms with Gasteiger partial charge in [-0.15, -0.1) is 0 Å². The number of amides is 1. The fourth-order valence-corrected chi connectivity index (χ4v) is 5.69. The van der Waals surface area contributed by atoms with Gasteiger partial charge in [0.25, 0.3) is 0 Å². The summed E-state index contributed by atoms with van der Waals surface area (Å²) >= 11 is 0. The van der Waals surface area contributed by atoms with Crippen LogP contribution in [-0.2, 0) is 4.79 Å². The standard InChI is InChI=1S/C36H73NO3/c1-3-5-7-22-28-34(38)30-24-18-14-10-9-13-17-21-27-33-37-36(40)32-26-20-16-12-11-15-19-25-31-35(39)29-23-8-6-4-2/h34-35,38-39H,3-33H2,1-2H3,(H,37,40). The number of aliphatic hydroxyl groups is 2. The molecule has 0 radical (unpaired) electrons. The van der Waals surface area contributed by atoms with E-state index in [0.29, 0.717) is 6.42 Å². The van der Waals surface area contributed by atoms with Crippen LogP contribution in [0.15, 0.2) is 0 Å². The molecule has 4 nitrogen and oxygen atoms in total. The van der Waals surface area contributed by atoms with Crippen LogP contribution in [0, 0.1) is 0 Å². The molecule has 0 aliphatic carbocycles. The van der Waals surface area contributed by atoms with Crippen LogP contribution in [0.4, 0.5) is 0 Å². The zero-order valence-corrected chi connectivity index (χ0v) is 27.4. The van der Waals surface area contributed by atoms with Crippen molar-refractivity contribution in [3.63, 3.8) is 0 Å². The molecule has 3 N–H and O–H groups in total. The van der Waals surface area contributed by atoms with Gasteiger partial charge in [0.2, 0.25) is 5.91 Å². The summed E-state index contributed by atoms with van der Waals surface area (Å²) in [7, 11) is 0. The molecule has 0 aromatic heterocycles. The molecular weight excluding hydrogens is 494 g/mol. The summed E-state index contributed by atoms with van der Waals surface area (Å²) in [5, 5.41) is 23.2. The number of carbonyl (C=O) groups is 1. The van der Waals surface area contributed by atoms with Gasteiger partial charge in [-0.05, 0) is 38.5 Å². The van der Waals surface area contributed by atoms with Crippen LogP contribution in [0.5, 0.6) is 0 Å². The van der Waals surface area contributed by atoms with Crippen molar-refractivity contribution in [2.24, 2.45) is 0 Å². The molecule has 0 aliphatic rings. The fourth-order valence-electron chi connectivity index (χ4n) is 5.69. The topological polar surface area (TPSA) is 69.6 Å². The van der Waals surface area contributed by atoms with E-state index in [9.17, 15) is 15.0 Å². The first-order valence-electron chi connectivity index (χ1n) is 18.2. The first-order chi connectivity index (χ1) is 19.6. The van der Waals surface area contributed by atoms with Crippen molar-refractivity contribution in [1.82, 2.24) is 5.32 Å². The maximum Gasteiger partial charge on any atom is 0.219 e. The third kappa shape index (κ3) is 31.9. The van der Waals surface area contributed by atoms with Gasteiger partial charge in [0, 0.05) is 13.0 Å². The average molecular weight is 568 g/mol. The lowest BCUT2D eigenvalue weighted by atomic mass is 10.0. The maximum atomic E-state index is 12.0. The Bertz CT molecular complexity index is 498.